The van der Waals surface area contributed by atoms with Crippen molar-refractivity contribution in [1.29, 1.82) is 0 Å². The highest BCUT2D eigenvalue weighted by Crippen LogP contribution is 2.42. The number of primary amides is 1. The molecule has 1 aliphatic heterocycles. The van der Waals surface area contributed by atoms with E-state index in [4.69, 9.17) is 5.73 Å². The Bertz CT molecular complexity index is 414. The molecule has 4 heteroatoms. The third-order valence-electron chi connectivity index (χ3n) is 2.60. The Balaban J connectivity index is 2.61. The van der Waals surface area contributed by atoms with Gasteiger partial charge in [0.15, 0.2) is 5.54 Å². The van der Waals surface area contributed by atoms with E-state index in [1.807, 2.05) is 31.2 Å². The Morgan fingerprint density at radius 3 is 2.86 bits per heavy atom. The van der Waals surface area contributed by atoms with Gasteiger partial charge in [-0.15, -0.1) is 0 Å². The number of carbonyl (C=O) groups is 1. The summed E-state index contributed by atoms with van der Waals surface area (Å²) in [5.41, 5.74) is 5.99. The minimum atomic E-state index is -0.934. The van der Waals surface area contributed by atoms with Gasteiger partial charge in [0.1, 0.15) is 0 Å². The van der Waals surface area contributed by atoms with E-state index in [2.05, 4.69) is 10.2 Å². The maximum atomic E-state index is 11.4. The van der Waals surface area contributed by atoms with Gasteiger partial charge in [-0.05, 0) is 12.5 Å². The summed E-state index contributed by atoms with van der Waals surface area (Å²) >= 11 is 0. The number of fused-ring (bicyclic) bond motifs is 1. The van der Waals surface area contributed by atoms with Gasteiger partial charge >= 0.3 is 0 Å². The normalized spacial score (nSPS) is 23.5. The van der Waals surface area contributed by atoms with Crippen LogP contribution in [0.1, 0.15) is 18.9 Å². The van der Waals surface area contributed by atoms with Crippen LogP contribution in [0.15, 0.2) is 34.5 Å². The first-order valence-corrected chi connectivity index (χ1v) is 4.53. The lowest BCUT2D eigenvalue weighted by atomic mass is 9.87. The number of rotatable bonds is 2. The van der Waals surface area contributed by atoms with Gasteiger partial charge in [0.2, 0.25) is 0 Å². The maximum Gasteiger partial charge on any atom is 0.251 e. The van der Waals surface area contributed by atoms with Crippen molar-refractivity contribution in [3.05, 3.63) is 29.8 Å². The smallest absolute Gasteiger partial charge is 0.251 e. The number of hydrogen-bond donors (Lipinski definition) is 1. The predicted octanol–water partition coefficient (Wildman–Crippen LogP) is 1.87. The van der Waals surface area contributed by atoms with Crippen LogP contribution in [0.3, 0.4) is 0 Å². The molecule has 0 aliphatic carbocycles. The maximum absolute atomic E-state index is 11.4. The van der Waals surface area contributed by atoms with E-state index < -0.39 is 11.4 Å². The van der Waals surface area contributed by atoms with Crippen LogP contribution in [0.25, 0.3) is 0 Å². The van der Waals surface area contributed by atoms with Crippen molar-refractivity contribution in [2.45, 2.75) is 18.9 Å². The van der Waals surface area contributed by atoms with Gasteiger partial charge in [0.25, 0.3) is 5.91 Å². The van der Waals surface area contributed by atoms with Crippen molar-refractivity contribution < 1.29 is 4.79 Å². The Morgan fingerprint density at radius 1 is 1.50 bits per heavy atom. The standard InChI is InChI=1S/C10H11N3O/c1-2-10(9(11)14)7-5-3-4-6-8(7)12-13-10/h3-6H,2H2,1H3,(H2,11,14). The molecule has 1 aliphatic rings. The summed E-state index contributed by atoms with van der Waals surface area (Å²) in [7, 11) is 0. The lowest BCUT2D eigenvalue weighted by Gasteiger charge is -2.19. The quantitative estimate of drug-likeness (QED) is 0.758. The van der Waals surface area contributed by atoms with E-state index >= 15 is 0 Å². The molecule has 0 bridgehead atoms. The van der Waals surface area contributed by atoms with E-state index in [-0.39, 0.29) is 0 Å². The van der Waals surface area contributed by atoms with Crippen molar-refractivity contribution in [2.75, 3.05) is 0 Å². The second kappa shape index (κ2) is 2.90. The van der Waals surface area contributed by atoms with Gasteiger partial charge < -0.3 is 5.73 Å². The zero-order chi connectivity index (χ0) is 10.2. The molecule has 1 heterocycles. The van der Waals surface area contributed by atoms with Crippen LogP contribution in [-0.2, 0) is 10.3 Å². The molecule has 14 heavy (non-hydrogen) atoms. The molecule has 2 N–H and O–H groups in total. The fraction of sp³-hybridized carbons (Fsp3) is 0.300. The van der Waals surface area contributed by atoms with Gasteiger partial charge in [0, 0.05) is 5.56 Å². The molecule has 72 valence electrons. The van der Waals surface area contributed by atoms with E-state index in [0.717, 1.165) is 11.3 Å². The molecule has 0 spiro atoms. The molecule has 0 saturated heterocycles. The topological polar surface area (TPSA) is 67.8 Å². The van der Waals surface area contributed by atoms with Crippen molar-refractivity contribution >= 4 is 11.6 Å². The molecule has 0 aromatic heterocycles. The minimum Gasteiger partial charge on any atom is -0.367 e. The predicted molar refractivity (Wildman–Crippen MR) is 52.1 cm³/mol. The van der Waals surface area contributed by atoms with Gasteiger partial charge in [0.05, 0.1) is 5.69 Å². The first-order valence-electron chi connectivity index (χ1n) is 4.53. The van der Waals surface area contributed by atoms with Crippen molar-refractivity contribution in [3.63, 3.8) is 0 Å². The van der Waals surface area contributed by atoms with E-state index in [0.29, 0.717) is 6.42 Å². The zero-order valence-corrected chi connectivity index (χ0v) is 7.90. The lowest BCUT2D eigenvalue weighted by Crippen LogP contribution is -2.37. The number of hydrogen-bond acceptors (Lipinski definition) is 3. The summed E-state index contributed by atoms with van der Waals surface area (Å²) in [6, 6.07) is 7.41. The molecule has 1 amide bonds. The number of nitrogens with zero attached hydrogens (tertiary/aromatic N) is 2. The average molecular weight is 189 g/mol. The van der Waals surface area contributed by atoms with Crippen LogP contribution in [0.5, 0.6) is 0 Å². The highest BCUT2D eigenvalue weighted by molar-refractivity contribution is 5.88. The lowest BCUT2D eigenvalue weighted by molar-refractivity contribution is -0.123. The fourth-order valence-electron chi connectivity index (χ4n) is 1.72. The third kappa shape index (κ3) is 0.968. The van der Waals surface area contributed by atoms with Gasteiger partial charge in [-0.25, -0.2) is 0 Å². The molecule has 0 saturated carbocycles. The second-order valence-electron chi connectivity index (χ2n) is 3.30. The van der Waals surface area contributed by atoms with Crippen molar-refractivity contribution in [1.82, 2.24) is 0 Å². The van der Waals surface area contributed by atoms with E-state index in [1.54, 1.807) is 0 Å². The molecular formula is C10H11N3O. The van der Waals surface area contributed by atoms with Crippen LogP contribution in [-0.4, -0.2) is 5.91 Å². The summed E-state index contributed by atoms with van der Waals surface area (Å²) in [6.07, 6.45) is 0.544. The average Bonchev–Trinajstić information content (AvgIpc) is 2.57. The Kier molecular flexibility index (Phi) is 1.84. The van der Waals surface area contributed by atoms with Crippen molar-refractivity contribution in [2.24, 2.45) is 16.0 Å². The number of amides is 1. The Labute approximate surface area is 81.8 Å². The molecule has 1 unspecified atom stereocenters. The van der Waals surface area contributed by atoms with Crippen molar-refractivity contribution in [3.8, 4) is 0 Å². The summed E-state index contributed by atoms with van der Waals surface area (Å²) in [6.45, 7) is 1.88. The summed E-state index contributed by atoms with van der Waals surface area (Å²) in [5.74, 6) is -0.436. The van der Waals surface area contributed by atoms with E-state index in [1.165, 1.54) is 0 Å². The zero-order valence-electron chi connectivity index (χ0n) is 7.90. The number of carbonyl (C=O) groups excluding carboxylic acids is 1. The molecule has 2 rings (SSSR count). The number of nitrogens with two attached hydrogens (primary N) is 1. The highest BCUT2D eigenvalue weighted by atomic mass is 16.1. The molecule has 1 aromatic rings. The summed E-state index contributed by atoms with van der Waals surface area (Å²) < 4.78 is 0. The molecule has 4 nitrogen and oxygen atoms in total. The largest absolute Gasteiger partial charge is 0.367 e. The van der Waals surface area contributed by atoms with Crippen LogP contribution in [0, 0.1) is 0 Å². The summed E-state index contributed by atoms with van der Waals surface area (Å²) in [4.78, 5) is 11.4. The minimum absolute atomic E-state index is 0.436. The molecule has 1 aromatic carbocycles. The van der Waals surface area contributed by atoms with Crippen LogP contribution in [0.4, 0.5) is 5.69 Å². The van der Waals surface area contributed by atoms with Gasteiger partial charge in [-0.3, -0.25) is 4.79 Å². The van der Waals surface area contributed by atoms with Crippen LogP contribution < -0.4 is 5.73 Å². The molecule has 0 radical (unpaired) electrons. The highest BCUT2D eigenvalue weighted by Gasteiger charge is 2.42. The molecular weight excluding hydrogens is 178 g/mol. The number of benzene rings is 1. The van der Waals surface area contributed by atoms with Crippen LogP contribution >= 0.6 is 0 Å². The second-order valence-corrected chi connectivity index (χ2v) is 3.30. The Morgan fingerprint density at radius 2 is 2.21 bits per heavy atom. The third-order valence-corrected chi connectivity index (χ3v) is 2.60. The molecule has 0 fully saturated rings. The van der Waals surface area contributed by atoms with Gasteiger partial charge in [-0.1, -0.05) is 25.1 Å². The monoisotopic (exact) mass is 189 g/mol. The SMILES string of the molecule is CCC1(C(N)=O)N=Nc2ccccc21. The summed E-state index contributed by atoms with van der Waals surface area (Å²) in [5, 5.41) is 7.97. The van der Waals surface area contributed by atoms with Gasteiger partial charge in [-0.2, -0.15) is 10.2 Å². The van der Waals surface area contributed by atoms with E-state index in [9.17, 15) is 4.79 Å². The first-order chi connectivity index (χ1) is 6.70. The number of azo groups is 1. The fourth-order valence-corrected chi connectivity index (χ4v) is 1.72. The molecule has 1 atom stereocenters. The Hall–Kier alpha value is -1.71. The first kappa shape index (κ1) is 8.87. The van der Waals surface area contributed by atoms with Crippen LogP contribution in [0.2, 0.25) is 0 Å².